The lowest BCUT2D eigenvalue weighted by molar-refractivity contribution is 0.0515. The molecule has 32 heavy (non-hydrogen) atoms. The number of rotatable bonds is 5. The minimum atomic E-state index is -0.0980. The average Bonchev–Trinajstić information content (AvgIpc) is 2.78. The molecule has 2 aliphatic rings. The predicted octanol–water partition coefficient (Wildman–Crippen LogP) is 5.05. The number of piperidine rings is 1. The number of nitrogens with zero attached hydrogens (tertiary/aromatic N) is 3. The molecular formula is C23H29Cl2N5OS. The Morgan fingerprint density at radius 3 is 2.81 bits per heavy atom. The largest absolute Gasteiger partial charge is 0.381 e. The maximum absolute atomic E-state index is 6.30. The first-order valence-corrected chi connectivity index (χ1v) is 12.3. The first kappa shape index (κ1) is 23.5. The fraction of sp³-hybridized carbons (Fsp3) is 0.522. The number of nitrogens with one attached hydrogen (secondary N) is 2. The van der Waals surface area contributed by atoms with Crippen LogP contribution in [0.3, 0.4) is 0 Å². The average molecular weight is 494 g/mol. The van der Waals surface area contributed by atoms with Crippen LogP contribution < -0.4 is 15.5 Å². The molecule has 0 amide bonds. The smallest absolute Gasteiger partial charge is 0.232 e. The fourth-order valence-electron chi connectivity index (χ4n) is 4.56. The minimum Gasteiger partial charge on any atom is -0.381 e. The molecule has 1 aromatic heterocycles. The molecule has 0 saturated carbocycles. The lowest BCUT2D eigenvalue weighted by atomic mass is 9.74. The number of aromatic nitrogens is 2. The highest BCUT2D eigenvalue weighted by molar-refractivity contribution is 7.80. The molecule has 0 radical (unpaired) electrons. The number of hydrogen-bond acceptors (Lipinski definition) is 5. The standard InChI is InChI=1S/C23H29Cl2N5OS/c1-16-4-3-9-30(14-16)20-13-19(25)27-21(28-20)29-22(32)26-15-23(7-10-31-11-8-23)17-5-2-6-18(24)12-17/h2,5-6,12-13,16H,3-4,7-11,14-15H2,1H3,(H2,26,27,28,29,32). The molecule has 2 aliphatic heterocycles. The van der Waals surface area contributed by atoms with E-state index in [9.17, 15) is 0 Å². The van der Waals surface area contributed by atoms with Gasteiger partial charge in [0.2, 0.25) is 5.95 Å². The molecule has 9 heteroatoms. The maximum atomic E-state index is 6.30. The number of hydrogen-bond donors (Lipinski definition) is 2. The van der Waals surface area contributed by atoms with Crippen molar-refractivity contribution in [1.29, 1.82) is 0 Å². The maximum Gasteiger partial charge on any atom is 0.232 e. The summed E-state index contributed by atoms with van der Waals surface area (Å²) < 4.78 is 5.62. The highest BCUT2D eigenvalue weighted by Gasteiger charge is 2.34. The van der Waals surface area contributed by atoms with E-state index in [1.54, 1.807) is 0 Å². The van der Waals surface area contributed by atoms with Crippen molar-refractivity contribution in [3.05, 3.63) is 46.1 Å². The Kier molecular flexibility index (Phi) is 7.71. The summed E-state index contributed by atoms with van der Waals surface area (Å²) in [6, 6.07) is 9.87. The Bertz CT molecular complexity index is 954. The van der Waals surface area contributed by atoms with E-state index in [1.807, 2.05) is 24.3 Å². The van der Waals surface area contributed by atoms with Crippen LogP contribution in [0.15, 0.2) is 30.3 Å². The van der Waals surface area contributed by atoms with Crippen molar-refractivity contribution in [2.75, 3.05) is 43.1 Å². The molecular weight excluding hydrogens is 465 g/mol. The zero-order valence-electron chi connectivity index (χ0n) is 18.2. The highest BCUT2D eigenvalue weighted by atomic mass is 35.5. The van der Waals surface area contributed by atoms with Gasteiger partial charge in [0.05, 0.1) is 0 Å². The van der Waals surface area contributed by atoms with Gasteiger partial charge in [0.15, 0.2) is 5.11 Å². The first-order valence-electron chi connectivity index (χ1n) is 11.1. The molecule has 1 aromatic carbocycles. The summed E-state index contributed by atoms with van der Waals surface area (Å²) in [4.78, 5) is 11.3. The Hall–Kier alpha value is -1.67. The summed E-state index contributed by atoms with van der Waals surface area (Å²) in [6.45, 7) is 6.30. The third-order valence-electron chi connectivity index (χ3n) is 6.36. The van der Waals surface area contributed by atoms with Crippen LogP contribution in [0.1, 0.15) is 38.2 Å². The Morgan fingerprint density at radius 1 is 1.25 bits per heavy atom. The van der Waals surface area contributed by atoms with Gasteiger partial charge < -0.3 is 20.3 Å². The van der Waals surface area contributed by atoms with Crippen LogP contribution in [0.2, 0.25) is 10.2 Å². The summed E-state index contributed by atoms with van der Waals surface area (Å²) in [5, 5.41) is 8.10. The number of anilines is 2. The number of benzene rings is 1. The minimum absolute atomic E-state index is 0.0980. The molecule has 2 saturated heterocycles. The number of halogens is 2. The first-order chi connectivity index (χ1) is 15.4. The van der Waals surface area contributed by atoms with Crippen LogP contribution in [-0.4, -0.2) is 47.9 Å². The summed E-state index contributed by atoms with van der Waals surface area (Å²) in [5.41, 5.74) is 1.10. The van der Waals surface area contributed by atoms with Gasteiger partial charge in [0.25, 0.3) is 0 Å². The van der Waals surface area contributed by atoms with E-state index in [4.69, 9.17) is 40.2 Å². The van der Waals surface area contributed by atoms with Gasteiger partial charge >= 0.3 is 0 Å². The Morgan fingerprint density at radius 2 is 2.06 bits per heavy atom. The lowest BCUT2D eigenvalue weighted by Gasteiger charge is -2.38. The monoisotopic (exact) mass is 493 g/mol. The molecule has 2 aromatic rings. The molecule has 172 valence electrons. The van der Waals surface area contributed by atoms with Gasteiger partial charge in [-0.25, -0.2) is 4.98 Å². The van der Waals surface area contributed by atoms with Crippen molar-refractivity contribution >= 4 is 52.3 Å². The van der Waals surface area contributed by atoms with Crippen LogP contribution in [0.25, 0.3) is 0 Å². The van der Waals surface area contributed by atoms with E-state index in [-0.39, 0.29) is 5.41 Å². The fourth-order valence-corrected chi connectivity index (χ4v) is 5.10. The molecule has 2 N–H and O–H groups in total. The van der Waals surface area contributed by atoms with Crippen LogP contribution in [0.5, 0.6) is 0 Å². The summed E-state index contributed by atoms with van der Waals surface area (Å²) in [7, 11) is 0. The molecule has 3 heterocycles. The summed E-state index contributed by atoms with van der Waals surface area (Å²) >= 11 is 18.1. The van der Waals surface area contributed by atoms with Crippen LogP contribution in [-0.2, 0) is 10.2 Å². The van der Waals surface area contributed by atoms with E-state index in [1.165, 1.54) is 12.0 Å². The second kappa shape index (κ2) is 10.5. The second-order valence-electron chi connectivity index (χ2n) is 8.78. The van der Waals surface area contributed by atoms with E-state index in [0.29, 0.717) is 41.9 Å². The van der Waals surface area contributed by atoms with Gasteiger partial charge in [-0.3, -0.25) is 0 Å². The van der Waals surface area contributed by atoms with Crippen molar-refractivity contribution in [3.8, 4) is 0 Å². The Labute approximate surface area is 205 Å². The van der Waals surface area contributed by atoms with E-state index in [0.717, 1.165) is 43.2 Å². The van der Waals surface area contributed by atoms with E-state index >= 15 is 0 Å². The van der Waals surface area contributed by atoms with Crippen molar-refractivity contribution in [2.24, 2.45) is 5.92 Å². The van der Waals surface area contributed by atoms with Crippen molar-refractivity contribution < 1.29 is 4.74 Å². The third kappa shape index (κ3) is 5.81. The molecule has 0 bridgehead atoms. The van der Waals surface area contributed by atoms with Gasteiger partial charge in [-0.05, 0) is 61.5 Å². The Balaban J connectivity index is 1.44. The molecule has 4 rings (SSSR count). The van der Waals surface area contributed by atoms with E-state index < -0.39 is 0 Å². The van der Waals surface area contributed by atoms with Gasteiger partial charge in [-0.1, -0.05) is 42.3 Å². The number of ether oxygens (including phenoxy) is 1. The van der Waals surface area contributed by atoms with Crippen LogP contribution >= 0.6 is 35.4 Å². The third-order valence-corrected chi connectivity index (χ3v) is 7.04. The van der Waals surface area contributed by atoms with E-state index in [2.05, 4.69) is 38.5 Å². The normalized spacial score (nSPS) is 20.6. The molecule has 0 spiro atoms. The summed E-state index contributed by atoms with van der Waals surface area (Å²) in [5.74, 6) is 1.88. The second-order valence-corrected chi connectivity index (χ2v) is 10.0. The van der Waals surface area contributed by atoms with Gasteiger partial charge in [0.1, 0.15) is 11.0 Å². The summed E-state index contributed by atoms with van der Waals surface area (Å²) in [6.07, 6.45) is 4.19. The zero-order valence-corrected chi connectivity index (χ0v) is 20.6. The molecule has 2 fully saturated rings. The van der Waals surface area contributed by atoms with Gasteiger partial charge in [-0.2, -0.15) is 4.98 Å². The lowest BCUT2D eigenvalue weighted by Crippen LogP contribution is -2.45. The van der Waals surface area contributed by atoms with Crippen molar-refractivity contribution in [3.63, 3.8) is 0 Å². The molecule has 1 unspecified atom stereocenters. The predicted molar refractivity (Wildman–Crippen MR) is 135 cm³/mol. The molecule has 6 nitrogen and oxygen atoms in total. The van der Waals surface area contributed by atoms with Crippen molar-refractivity contribution in [1.82, 2.24) is 15.3 Å². The number of thiocarbonyl (C=S) groups is 1. The van der Waals surface area contributed by atoms with Crippen LogP contribution in [0, 0.1) is 5.92 Å². The van der Waals surface area contributed by atoms with Gasteiger partial charge in [0, 0.05) is 49.4 Å². The molecule has 0 aliphatic carbocycles. The SMILES string of the molecule is CC1CCCN(c2cc(Cl)nc(NC(=S)NCC3(c4cccc(Cl)c4)CCOCC3)n2)C1. The van der Waals surface area contributed by atoms with Crippen molar-refractivity contribution in [2.45, 2.75) is 38.0 Å². The molecule has 1 atom stereocenters. The highest BCUT2D eigenvalue weighted by Crippen LogP contribution is 2.35. The van der Waals surface area contributed by atoms with Gasteiger partial charge in [-0.15, -0.1) is 0 Å². The zero-order chi connectivity index (χ0) is 22.6. The topological polar surface area (TPSA) is 62.3 Å². The quantitative estimate of drug-likeness (QED) is 0.445. The van der Waals surface area contributed by atoms with Crippen LogP contribution in [0.4, 0.5) is 11.8 Å².